The Labute approximate surface area is 183 Å². The van der Waals surface area contributed by atoms with Gasteiger partial charge in [-0.3, -0.25) is 4.79 Å². The molecule has 0 saturated carbocycles. The Morgan fingerprint density at radius 2 is 1.71 bits per heavy atom. The second-order valence-corrected chi connectivity index (χ2v) is 9.42. The van der Waals surface area contributed by atoms with Gasteiger partial charge < -0.3 is 10.1 Å². The van der Waals surface area contributed by atoms with Crippen LogP contribution < -0.4 is 10.1 Å². The molecule has 0 aliphatic carbocycles. The van der Waals surface area contributed by atoms with Gasteiger partial charge in [-0.05, 0) is 61.4 Å². The van der Waals surface area contributed by atoms with E-state index in [1.165, 1.54) is 18.5 Å². The molecule has 0 radical (unpaired) electrons. The predicted octanol–water partition coefficient (Wildman–Crippen LogP) is 4.39. The average molecular weight is 439 g/mol. The van der Waals surface area contributed by atoms with E-state index in [4.69, 9.17) is 4.74 Å². The number of sulfonamides is 1. The highest BCUT2D eigenvalue weighted by atomic mass is 32.2. The van der Waals surface area contributed by atoms with Crippen molar-refractivity contribution in [2.75, 3.05) is 19.5 Å². The number of benzene rings is 3. The lowest BCUT2D eigenvalue weighted by Gasteiger charge is -2.19. The summed E-state index contributed by atoms with van der Waals surface area (Å²) in [5.41, 5.74) is 3.76. The zero-order chi connectivity index (χ0) is 22.6. The second kappa shape index (κ2) is 9.32. The molecule has 0 saturated heterocycles. The van der Waals surface area contributed by atoms with Gasteiger partial charge in [0.15, 0.2) is 0 Å². The number of aryl methyl sites for hydroxylation is 2. The van der Waals surface area contributed by atoms with Crippen LogP contribution in [0.25, 0.3) is 0 Å². The van der Waals surface area contributed by atoms with E-state index in [1.54, 1.807) is 48.5 Å². The fraction of sp³-hybridized carbons (Fsp3) is 0.208. The zero-order valence-corrected chi connectivity index (χ0v) is 18.9. The Bertz CT molecular complexity index is 1190. The van der Waals surface area contributed by atoms with Gasteiger partial charge in [0.2, 0.25) is 10.0 Å². The first-order chi connectivity index (χ1) is 14.7. The van der Waals surface area contributed by atoms with Crippen molar-refractivity contribution in [2.45, 2.75) is 25.3 Å². The molecule has 0 aromatic heterocycles. The lowest BCUT2D eigenvalue weighted by molar-refractivity contribution is 0.102. The van der Waals surface area contributed by atoms with Gasteiger partial charge in [0.25, 0.3) is 5.91 Å². The van der Waals surface area contributed by atoms with Crippen LogP contribution in [0.4, 0.5) is 5.69 Å². The maximum absolute atomic E-state index is 12.9. The van der Waals surface area contributed by atoms with Crippen LogP contribution in [0.1, 0.15) is 27.0 Å². The molecular weight excluding hydrogens is 412 g/mol. The first-order valence-corrected chi connectivity index (χ1v) is 11.2. The number of hydrogen-bond donors (Lipinski definition) is 1. The summed E-state index contributed by atoms with van der Waals surface area (Å²) < 4.78 is 32.4. The quantitative estimate of drug-likeness (QED) is 0.594. The Hall–Kier alpha value is -3.16. The van der Waals surface area contributed by atoms with Gasteiger partial charge in [0.05, 0.1) is 12.0 Å². The summed E-state index contributed by atoms with van der Waals surface area (Å²) in [6.45, 7) is 3.95. The van der Waals surface area contributed by atoms with Gasteiger partial charge in [0.1, 0.15) is 5.75 Å². The number of anilines is 1. The molecule has 0 spiro atoms. The summed E-state index contributed by atoms with van der Waals surface area (Å²) >= 11 is 0. The monoisotopic (exact) mass is 438 g/mol. The number of ether oxygens (including phenoxy) is 1. The van der Waals surface area contributed by atoms with Crippen LogP contribution in [0, 0.1) is 13.8 Å². The van der Waals surface area contributed by atoms with E-state index >= 15 is 0 Å². The molecule has 1 N–H and O–H groups in total. The fourth-order valence-electron chi connectivity index (χ4n) is 3.21. The molecule has 6 nitrogen and oxygen atoms in total. The smallest absolute Gasteiger partial charge is 0.255 e. The van der Waals surface area contributed by atoms with Crippen molar-refractivity contribution in [1.29, 1.82) is 0 Å². The molecule has 0 fully saturated rings. The SMILES string of the molecule is COc1ccc(C(=O)Nc2cc(C)ccc2C)cc1CN(C)S(=O)(=O)c1ccccc1. The van der Waals surface area contributed by atoms with Crippen LogP contribution in [-0.2, 0) is 16.6 Å². The highest BCUT2D eigenvalue weighted by molar-refractivity contribution is 7.89. The third kappa shape index (κ3) is 5.13. The van der Waals surface area contributed by atoms with Crippen molar-refractivity contribution < 1.29 is 17.9 Å². The molecule has 3 aromatic carbocycles. The summed E-state index contributed by atoms with van der Waals surface area (Å²) in [6, 6.07) is 19.1. The molecule has 0 heterocycles. The van der Waals surface area contributed by atoms with Crippen LogP contribution in [0.3, 0.4) is 0 Å². The Balaban J connectivity index is 1.87. The molecular formula is C24H26N2O4S. The number of amides is 1. The molecule has 0 aliphatic rings. The zero-order valence-electron chi connectivity index (χ0n) is 18.0. The van der Waals surface area contributed by atoms with E-state index in [0.717, 1.165) is 16.8 Å². The minimum atomic E-state index is -3.68. The average Bonchev–Trinajstić information content (AvgIpc) is 2.76. The lowest BCUT2D eigenvalue weighted by atomic mass is 10.1. The number of nitrogens with zero attached hydrogens (tertiary/aromatic N) is 1. The minimum absolute atomic E-state index is 0.0605. The summed E-state index contributed by atoms with van der Waals surface area (Å²) in [6.07, 6.45) is 0. The van der Waals surface area contributed by atoms with Crippen molar-refractivity contribution in [2.24, 2.45) is 0 Å². The highest BCUT2D eigenvalue weighted by Crippen LogP contribution is 2.25. The molecule has 31 heavy (non-hydrogen) atoms. The van der Waals surface area contributed by atoms with Crippen molar-refractivity contribution in [3.8, 4) is 5.75 Å². The number of carbonyl (C=O) groups excluding carboxylic acids is 1. The van der Waals surface area contributed by atoms with Crippen LogP contribution >= 0.6 is 0 Å². The molecule has 1 amide bonds. The number of hydrogen-bond acceptors (Lipinski definition) is 4. The van der Waals surface area contributed by atoms with Crippen LogP contribution in [-0.4, -0.2) is 32.8 Å². The predicted molar refractivity (Wildman–Crippen MR) is 122 cm³/mol. The van der Waals surface area contributed by atoms with Crippen molar-refractivity contribution in [1.82, 2.24) is 4.31 Å². The molecule has 3 rings (SSSR count). The highest BCUT2D eigenvalue weighted by Gasteiger charge is 2.22. The van der Waals surface area contributed by atoms with Crippen LogP contribution in [0.2, 0.25) is 0 Å². The molecule has 162 valence electrons. The number of nitrogens with one attached hydrogen (secondary N) is 1. The number of methoxy groups -OCH3 is 1. The Morgan fingerprint density at radius 1 is 1.00 bits per heavy atom. The van der Waals surface area contributed by atoms with E-state index in [2.05, 4.69) is 5.32 Å². The summed E-state index contributed by atoms with van der Waals surface area (Å²) in [4.78, 5) is 13.1. The molecule has 0 atom stereocenters. The Morgan fingerprint density at radius 3 is 2.39 bits per heavy atom. The van der Waals surface area contributed by atoms with Crippen LogP contribution in [0.5, 0.6) is 5.75 Å². The third-order valence-electron chi connectivity index (χ3n) is 5.03. The van der Waals surface area contributed by atoms with E-state index in [-0.39, 0.29) is 17.3 Å². The molecule has 7 heteroatoms. The first-order valence-electron chi connectivity index (χ1n) is 9.79. The topological polar surface area (TPSA) is 75.7 Å². The number of carbonyl (C=O) groups is 1. The normalized spacial score (nSPS) is 11.4. The molecule has 0 bridgehead atoms. The summed E-state index contributed by atoms with van der Waals surface area (Å²) in [5, 5.41) is 2.93. The van der Waals surface area contributed by atoms with Crippen molar-refractivity contribution in [3.05, 3.63) is 89.0 Å². The molecule has 0 aliphatic heterocycles. The van der Waals surface area contributed by atoms with E-state index in [9.17, 15) is 13.2 Å². The third-order valence-corrected chi connectivity index (χ3v) is 6.85. The largest absolute Gasteiger partial charge is 0.496 e. The Kier molecular flexibility index (Phi) is 6.77. The van der Waals surface area contributed by atoms with Gasteiger partial charge in [-0.2, -0.15) is 4.31 Å². The summed E-state index contributed by atoms with van der Waals surface area (Å²) in [7, 11) is -0.658. The minimum Gasteiger partial charge on any atom is -0.496 e. The van der Waals surface area contributed by atoms with E-state index < -0.39 is 10.0 Å². The number of rotatable bonds is 7. The first kappa shape index (κ1) is 22.5. The maximum atomic E-state index is 12.9. The van der Waals surface area contributed by atoms with Crippen molar-refractivity contribution in [3.63, 3.8) is 0 Å². The fourth-order valence-corrected chi connectivity index (χ4v) is 4.38. The van der Waals surface area contributed by atoms with Gasteiger partial charge >= 0.3 is 0 Å². The van der Waals surface area contributed by atoms with Gasteiger partial charge in [-0.1, -0.05) is 30.3 Å². The van der Waals surface area contributed by atoms with Gasteiger partial charge in [0, 0.05) is 30.4 Å². The maximum Gasteiger partial charge on any atom is 0.255 e. The van der Waals surface area contributed by atoms with Crippen molar-refractivity contribution >= 4 is 21.6 Å². The second-order valence-electron chi connectivity index (χ2n) is 7.37. The van der Waals surface area contributed by atoms with Gasteiger partial charge in [-0.15, -0.1) is 0 Å². The standard InChI is InChI=1S/C24H26N2O4S/c1-17-10-11-18(2)22(14-17)25-24(27)19-12-13-23(30-4)20(15-19)16-26(3)31(28,29)21-8-6-5-7-9-21/h5-15H,16H2,1-4H3,(H,25,27). The summed E-state index contributed by atoms with van der Waals surface area (Å²) in [5.74, 6) is 0.240. The molecule has 0 unspecified atom stereocenters. The molecule has 3 aromatic rings. The van der Waals surface area contributed by atoms with Gasteiger partial charge in [-0.25, -0.2) is 8.42 Å². The lowest BCUT2D eigenvalue weighted by Crippen LogP contribution is -2.27. The van der Waals surface area contributed by atoms with Crippen LogP contribution in [0.15, 0.2) is 71.6 Å². The van der Waals surface area contributed by atoms with E-state index in [1.807, 2.05) is 32.0 Å². The van der Waals surface area contributed by atoms with E-state index in [0.29, 0.717) is 16.9 Å².